The van der Waals surface area contributed by atoms with Gasteiger partial charge in [0.05, 0.1) is 0 Å². The Morgan fingerprint density at radius 3 is 2.65 bits per heavy atom. The number of rotatable bonds is 6. The number of carbonyl (C=O) groups excluding carboxylic acids is 1. The molecule has 2 atom stereocenters. The average molecular weight is 357 g/mol. The third-order valence-corrected chi connectivity index (χ3v) is 5.55. The summed E-state index contributed by atoms with van der Waals surface area (Å²) in [5.41, 5.74) is 2.59. The lowest BCUT2D eigenvalue weighted by molar-refractivity contribution is -0.132. The number of amides is 1. The summed E-state index contributed by atoms with van der Waals surface area (Å²) in [4.78, 5) is 14.5. The van der Waals surface area contributed by atoms with Gasteiger partial charge in [0.2, 0.25) is 5.91 Å². The van der Waals surface area contributed by atoms with Gasteiger partial charge < -0.3 is 10.2 Å². The van der Waals surface area contributed by atoms with Crippen LogP contribution in [0.3, 0.4) is 0 Å². The summed E-state index contributed by atoms with van der Waals surface area (Å²) < 4.78 is 0. The van der Waals surface area contributed by atoms with Gasteiger partial charge in [0.1, 0.15) is 0 Å². The predicted molar refractivity (Wildman–Crippen MR) is 103 cm³/mol. The number of benzene rings is 1. The van der Waals surface area contributed by atoms with E-state index in [1.54, 1.807) is 0 Å². The van der Waals surface area contributed by atoms with E-state index < -0.39 is 0 Å². The first kappa shape index (κ1) is 20.3. The first-order valence-electron chi connectivity index (χ1n) is 8.22. The number of hydrogen-bond donors (Lipinski definition) is 1. The maximum Gasteiger partial charge on any atom is 0.224 e. The highest BCUT2D eigenvalue weighted by molar-refractivity contribution is 7.99. The van der Waals surface area contributed by atoms with Gasteiger partial charge in [0, 0.05) is 43.6 Å². The van der Waals surface area contributed by atoms with Crippen molar-refractivity contribution in [3.63, 3.8) is 0 Å². The molecule has 23 heavy (non-hydrogen) atoms. The Labute approximate surface area is 151 Å². The summed E-state index contributed by atoms with van der Waals surface area (Å²) >= 11 is 1.94. The van der Waals surface area contributed by atoms with Crippen molar-refractivity contribution in [2.75, 3.05) is 25.1 Å². The van der Waals surface area contributed by atoms with Crippen LogP contribution in [0.4, 0.5) is 0 Å². The van der Waals surface area contributed by atoms with Crippen LogP contribution in [-0.4, -0.2) is 48.0 Å². The molecule has 2 unspecified atom stereocenters. The van der Waals surface area contributed by atoms with Gasteiger partial charge in [-0.1, -0.05) is 36.8 Å². The van der Waals surface area contributed by atoms with Crippen LogP contribution in [0, 0.1) is 6.92 Å². The molecule has 130 valence electrons. The summed E-state index contributed by atoms with van der Waals surface area (Å²) in [5, 5.41) is 3.45. The number of nitrogens with zero attached hydrogens (tertiary/aromatic N) is 1. The van der Waals surface area contributed by atoms with Crippen LogP contribution < -0.4 is 5.32 Å². The van der Waals surface area contributed by atoms with Gasteiger partial charge in [-0.05, 0) is 25.3 Å². The molecule has 3 nitrogen and oxygen atoms in total. The van der Waals surface area contributed by atoms with Crippen molar-refractivity contribution in [3.05, 3.63) is 35.4 Å². The lowest BCUT2D eigenvalue weighted by Gasteiger charge is -2.30. The van der Waals surface area contributed by atoms with Gasteiger partial charge in [0.15, 0.2) is 0 Å². The molecule has 0 saturated carbocycles. The number of carbonyl (C=O) groups is 1. The number of halogens is 1. The molecular formula is C18H29ClN2OS. The SMILES string of the molecule is CCC(Cc1ccc(C)cc1)N(C)C(=O)CC1CSCCN1.Cl. The molecule has 1 aromatic rings. The molecule has 1 aromatic carbocycles. The maximum absolute atomic E-state index is 12.5. The Balaban J connectivity index is 0.00000264. The minimum Gasteiger partial charge on any atom is -0.342 e. The predicted octanol–water partition coefficient (Wildman–Crippen LogP) is 3.29. The fourth-order valence-electron chi connectivity index (χ4n) is 2.86. The van der Waals surface area contributed by atoms with Crippen LogP contribution in [-0.2, 0) is 11.2 Å². The smallest absolute Gasteiger partial charge is 0.224 e. The summed E-state index contributed by atoms with van der Waals surface area (Å²) in [6.45, 7) is 5.29. The van der Waals surface area contributed by atoms with E-state index in [1.165, 1.54) is 11.1 Å². The molecule has 2 rings (SSSR count). The average Bonchev–Trinajstić information content (AvgIpc) is 2.54. The van der Waals surface area contributed by atoms with Gasteiger partial charge in [0.25, 0.3) is 0 Å². The standard InChI is InChI=1S/C18H28N2OS.ClH/c1-4-17(11-15-7-5-14(2)6-8-15)20(3)18(21)12-16-13-22-10-9-19-16;/h5-8,16-17,19H,4,9-13H2,1-3H3;1H. The molecule has 5 heteroatoms. The van der Waals surface area contributed by atoms with E-state index in [2.05, 4.69) is 43.4 Å². The molecule has 1 aliphatic heterocycles. The van der Waals surface area contributed by atoms with Crippen LogP contribution >= 0.6 is 24.2 Å². The molecule has 0 aliphatic carbocycles. The molecule has 0 radical (unpaired) electrons. The Morgan fingerprint density at radius 1 is 1.39 bits per heavy atom. The van der Waals surface area contributed by atoms with Gasteiger partial charge in [-0.25, -0.2) is 0 Å². The third-order valence-electron chi connectivity index (χ3n) is 4.42. The molecule has 1 fully saturated rings. The summed E-state index contributed by atoms with van der Waals surface area (Å²) in [5.74, 6) is 2.47. The van der Waals surface area contributed by atoms with Crippen molar-refractivity contribution in [2.45, 2.75) is 45.2 Å². The maximum atomic E-state index is 12.5. The zero-order chi connectivity index (χ0) is 15.9. The minimum atomic E-state index is 0. The van der Waals surface area contributed by atoms with Crippen LogP contribution in [0.2, 0.25) is 0 Å². The summed E-state index contributed by atoms with van der Waals surface area (Å²) in [6, 6.07) is 9.27. The fourth-order valence-corrected chi connectivity index (χ4v) is 3.81. The molecule has 0 spiro atoms. The highest BCUT2D eigenvalue weighted by atomic mass is 35.5. The van der Waals surface area contributed by atoms with E-state index in [4.69, 9.17) is 0 Å². The van der Waals surface area contributed by atoms with Crippen molar-refractivity contribution in [1.82, 2.24) is 10.2 Å². The normalized spacial score (nSPS) is 18.8. The Morgan fingerprint density at radius 2 is 2.09 bits per heavy atom. The highest BCUT2D eigenvalue weighted by Crippen LogP contribution is 2.16. The number of nitrogens with one attached hydrogen (secondary N) is 1. The second kappa shape index (κ2) is 10.2. The van der Waals surface area contributed by atoms with E-state index in [0.29, 0.717) is 12.5 Å². The van der Waals surface area contributed by atoms with E-state index in [0.717, 1.165) is 30.9 Å². The summed E-state index contributed by atoms with van der Waals surface area (Å²) in [7, 11) is 1.96. The first-order chi connectivity index (χ1) is 10.6. The third kappa shape index (κ3) is 6.36. The molecule has 0 aromatic heterocycles. The van der Waals surface area contributed by atoms with Gasteiger partial charge >= 0.3 is 0 Å². The zero-order valence-electron chi connectivity index (χ0n) is 14.4. The lowest BCUT2D eigenvalue weighted by atomic mass is 10.0. The molecule has 1 aliphatic rings. The van der Waals surface area contributed by atoms with Crippen LogP contribution in [0.15, 0.2) is 24.3 Å². The van der Waals surface area contributed by atoms with E-state index >= 15 is 0 Å². The molecule has 1 saturated heterocycles. The molecular weight excluding hydrogens is 328 g/mol. The van der Waals surface area contributed by atoms with Gasteiger partial charge in [-0.15, -0.1) is 12.4 Å². The minimum absolute atomic E-state index is 0. The number of hydrogen-bond acceptors (Lipinski definition) is 3. The van der Waals surface area contributed by atoms with Crippen LogP contribution in [0.1, 0.15) is 30.9 Å². The van der Waals surface area contributed by atoms with Crippen molar-refractivity contribution >= 4 is 30.1 Å². The van der Waals surface area contributed by atoms with Gasteiger partial charge in [-0.3, -0.25) is 4.79 Å². The van der Waals surface area contributed by atoms with Crippen molar-refractivity contribution in [1.29, 1.82) is 0 Å². The second-order valence-electron chi connectivity index (χ2n) is 6.19. The van der Waals surface area contributed by atoms with E-state index in [1.807, 2.05) is 23.7 Å². The van der Waals surface area contributed by atoms with Crippen LogP contribution in [0.25, 0.3) is 0 Å². The van der Waals surface area contributed by atoms with E-state index in [9.17, 15) is 4.79 Å². The number of thioether (sulfide) groups is 1. The number of aryl methyl sites for hydroxylation is 1. The first-order valence-corrected chi connectivity index (χ1v) is 9.38. The lowest BCUT2D eigenvalue weighted by Crippen LogP contribution is -2.44. The monoisotopic (exact) mass is 356 g/mol. The summed E-state index contributed by atoms with van der Waals surface area (Å²) in [6.07, 6.45) is 2.54. The number of likely N-dealkylation sites (N-methyl/N-ethyl adjacent to an activating group) is 1. The van der Waals surface area contributed by atoms with Crippen molar-refractivity contribution < 1.29 is 4.79 Å². The second-order valence-corrected chi connectivity index (χ2v) is 7.34. The van der Waals surface area contributed by atoms with E-state index in [-0.39, 0.29) is 24.4 Å². The Hall–Kier alpha value is -0.710. The fraction of sp³-hybridized carbons (Fsp3) is 0.611. The topological polar surface area (TPSA) is 32.3 Å². The molecule has 1 N–H and O–H groups in total. The molecule has 0 bridgehead atoms. The Kier molecular flexibility index (Phi) is 9.03. The van der Waals surface area contributed by atoms with Gasteiger partial charge in [-0.2, -0.15) is 11.8 Å². The highest BCUT2D eigenvalue weighted by Gasteiger charge is 2.23. The molecule has 1 heterocycles. The van der Waals surface area contributed by atoms with Crippen molar-refractivity contribution in [2.24, 2.45) is 0 Å². The largest absolute Gasteiger partial charge is 0.342 e. The van der Waals surface area contributed by atoms with Crippen molar-refractivity contribution in [3.8, 4) is 0 Å². The zero-order valence-corrected chi connectivity index (χ0v) is 16.0. The Bertz CT molecular complexity index is 474. The quantitative estimate of drug-likeness (QED) is 0.848. The van der Waals surface area contributed by atoms with Crippen LogP contribution in [0.5, 0.6) is 0 Å². The molecule has 1 amide bonds.